The Kier molecular flexibility index (Phi) is 3.29. The molecule has 0 spiro atoms. The number of rotatable bonds is 0. The molecule has 0 heterocycles. The first kappa shape index (κ1) is 7.83. The molecule has 0 unspecified atom stereocenters. The van der Waals surface area contributed by atoms with Gasteiger partial charge in [0, 0.05) is 20.1 Å². The van der Waals surface area contributed by atoms with Crippen LogP contribution in [0.1, 0.15) is 6.92 Å². The number of nitrogens with zero attached hydrogens (tertiary/aromatic N) is 1. The number of hydrogen-bond donors (Lipinski definition) is 1. The van der Waals surface area contributed by atoms with Crippen LogP contribution in [-0.2, 0) is 0 Å². The van der Waals surface area contributed by atoms with Gasteiger partial charge in [-0.25, -0.2) is 4.79 Å². The average molecular weight is 126 g/mol. The van der Waals surface area contributed by atoms with E-state index in [2.05, 4.69) is 17.3 Å². The Morgan fingerprint density at radius 3 is 2.56 bits per heavy atom. The number of carbonyl (C=O) groups excluding carboxylic acids is 1. The standard InChI is InChI=1S/C6H10N2O/c1-4-5-8(3)6(9)7-2/h1-3H3,(H,7,9). The zero-order chi connectivity index (χ0) is 7.28. The van der Waals surface area contributed by atoms with Crippen molar-refractivity contribution in [2.75, 3.05) is 14.1 Å². The molecule has 0 atom stereocenters. The molecule has 0 aromatic carbocycles. The maximum Gasteiger partial charge on any atom is 0.328 e. The predicted molar refractivity (Wildman–Crippen MR) is 35.7 cm³/mol. The van der Waals surface area contributed by atoms with E-state index in [0.717, 1.165) is 0 Å². The van der Waals surface area contributed by atoms with Crippen LogP contribution < -0.4 is 5.32 Å². The average Bonchev–Trinajstić information content (AvgIpc) is 1.87. The van der Waals surface area contributed by atoms with Crippen molar-refractivity contribution in [2.45, 2.75) is 6.92 Å². The Morgan fingerprint density at radius 1 is 1.67 bits per heavy atom. The highest BCUT2D eigenvalue weighted by molar-refractivity contribution is 5.75. The van der Waals surface area contributed by atoms with Crippen molar-refractivity contribution in [3.63, 3.8) is 0 Å². The normalized spacial score (nSPS) is 7.00. The van der Waals surface area contributed by atoms with Crippen LogP contribution in [0.5, 0.6) is 0 Å². The summed E-state index contributed by atoms with van der Waals surface area (Å²) in [7, 11) is 3.17. The molecule has 1 N–H and O–H groups in total. The molecular weight excluding hydrogens is 116 g/mol. The zero-order valence-corrected chi connectivity index (χ0v) is 5.86. The number of nitrogens with one attached hydrogen (secondary N) is 1. The van der Waals surface area contributed by atoms with Crippen LogP contribution in [0.15, 0.2) is 0 Å². The molecule has 0 radical (unpaired) electrons. The molecule has 3 nitrogen and oxygen atoms in total. The summed E-state index contributed by atoms with van der Waals surface area (Å²) in [5, 5.41) is 2.43. The Bertz CT molecular complexity index is 154. The number of hydrogen-bond acceptors (Lipinski definition) is 1. The maximum absolute atomic E-state index is 10.6. The number of urea groups is 1. The highest BCUT2D eigenvalue weighted by Gasteiger charge is 1.98. The number of carbonyl (C=O) groups is 1. The molecule has 0 aliphatic carbocycles. The largest absolute Gasteiger partial charge is 0.340 e. The van der Waals surface area contributed by atoms with Crippen LogP contribution in [-0.4, -0.2) is 25.0 Å². The van der Waals surface area contributed by atoms with E-state index in [9.17, 15) is 4.79 Å². The lowest BCUT2D eigenvalue weighted by atomic mass is 10.7. The first-order chi connectivity index (χ1) is 4.22. The third-order valence-corrected chi connectivity index (χ3v) is 0.798. The molecule has 0 bridgehead atoms. The Morgan fingerprint density at radius 2 is 2.22 bits per heavy atom. The van der Waals surface area contributed by atoms with E-state index in [1.165, 1.54) is 4.90 Å². The molecule has 0 aliphatic heterocycles. The second kappa shape index (κ2) is 3.79. The molecule has 0 rings (SSSR count). The monoisotopic (exact) mass is 126 g/mol. The Labute approximate surface area is 55.0 Å². The molecule has 2 amide bonds. The van der Waals surface area contributed by atoms with E-state index in [0.29, 0.717) is 0 Å². The lowest BCUT2D eigenvalue weighted by molar-refractivity contribution is 0.226. The van der Waals surface area contributed by atoms with Crippen LogP contribution in [0.4, 0.5) is 4.79 Å². The quantitative estimate of drug-likeness (QED) is 0.366. The van der Waals surface area contributed by atoms with Gasteiger partial charge in [-0.15, -0.1) is 0 Å². The highest BCUT2D eigenvalue weighted by atomic mass is 16.2. The summed E-state index contributed by atoms with van der Waals surface area (Å²) in [6.45, 7) is 1.68. The minimum Gasteiger partial charge on any atom is -0.340 e. The van der Waals surface area contributed by atoms with Gasteiger partial charge in [-0.3, -0.25) is 4.90 Å². The Hall–Kier alpha value is -1.17. The van der Waals surface area contributed by atoms with E-state index in [1.54, 1.807) is 21.0 Å². The molecule has 50 valence electrons. The summed E-state index contributed by atoms with van der Waals surface area (Å²) in [5.74, 6) is 2.60. The van der Waals surface area contributed by atoms with Crippen LogP contribution in [0, 0.1) is 12.0 Å². The van der Waals surface area contributed by atoms with Gasteiger partial charge in [-0.2, -0.15) is 0 Å². The van der Waals surface area contributed by atoms with E-state index in [4.69, 9.17) is 0 Å². The molecule has 0 saturated heterocycles. The predicted octanol–water partition coefficient (Wildman–Crippen LogP) is 0.238. The third kappa shape index (κ3) is 2.60. The third-order valence-electron chi connectivity index (χ3n) is 0.798. The van der Waals surface area contributed by atoms with Gasteiger partial charge in [-0.1, -0.05) is 5.92 Å². The van der Waals surface area contributed by atoms with Gasteiger partial charge in [0.15, 0.2) is 0 Å². The van der Waals surface area contributed by atoms with E-state index < -0.39 is 0 Å². The summed E-state index contributed by atoms with van der Waals surface area (Å²) >= 11 is 0. The second-order valence-electron chi connectivity index (χ2n) is 1.48. The second-order valence-corrected chi connectivity index (χ2v) is 1.48. The van der Waals surface area contributed by atoms with Gasteiger partial charge in [0.05, 0.1) is 0 Å². The summed E-state index contributed by atoms with van der Waals surface area (Å²) in [6.07, 6.45) is 0. The molecule has 0 aromatic heterocycles. The van der Waals surface area contributed by atoms with Crippen LogP contribution in [0.3, 0.4) is 0 Å². The summed E-state index contributed by atoms with van der Waals surface area (Å²) in [5.41, 5.74) is 0. The molecule has 0 aliphatic rings. The summed E-state index contributed by atoms with van der Waals surface area (Å²) in [4.78, 5) is 11.9. The fourth-order valence-electron chi connectivity index (χ4n) is 0.386. The van der Waals surface area contributed by atoms with Crippen molar-refractivity contribution in [3.8, 4) is 12.0 Å². The highest BCUT2D eigenvalue weighted by Crippen LogP contribution is 1.76. The summed E-state index contributed by atoms with van der Waals surface area (Å²) < 4.78 is 0. The van der Waals surface area contributed by atoms with Gasteiger partial charge in [0.25, 0.3) is 0 Å². The smallest absolute Gasteiger partial charge is 0.328 e. The minimum absolute atomic E-state index is 0.190. The lowest BCUT2D eigenvalue weighted by Crippen LogP contribution is -2.31. The van der Waals surface area contributed by atoms with Crippen LogP contribution >= 0.6 is 0 Å². The topological polar surface area (TPSA) is 32.3 Å². The van der Waals surface area contributed by atoms with Crippen molar-refractivity contribution in [2.24, 2.45) is 0 Å². The number of amides is 2. The van der Waals surface area contributed by atoms with Crippen molar-refractivity contribution >= 4 is 6.03 Å². The van der Waals surface area contributed by atoms with E-state index >= 15 is 0 Å². The molecule has 0 saturated carbocycles. The fraction of sp³-hybridized carbons (Fsp3) is 0.500. The van der Waals surface area contributed by atoms with Crippen molar-refractivity contribution in [3.05, 3.63) is 0 Å². The minimum atomic E-state index is -0.190. The van der Waals surface area contributed by atoms with Crippen molar-refractivity contribution < 1.29 is 4.79 Å². The van der Waals surface area contributed by atoms with Gasteiger partial charge in [0.2, 0.25) is 0 Å². The lowest BCUT2D eigenvalue weighted by Gasteiger charge is -2.05. The maximum atomic E-state index is 10.6. The van der Waals surface area contributed by atoms with Crippen molar-refractivity contribution in [1.82, 2.24) is 10.2 Å². The first-order valence-corrected chi connectivity index (χ1v) is 2.60. The fourth-order valence-corrected chi connectivity index (χ4v) is 0.386. The van der Waals surface area contributed by atoms with Gasteiger partial charge < -0.3 is 5.32 Å². The molecule has 0 fully saturated rings. The zero-order valence-electron chi connectivity index (χ0n) is 5.86. The first-order valence-electron chi connectivity index (χ1n) is 2.60. The SMILES string of the molecule is CC#CN(C)C(=O)NC. The summed E-state index contributed by atoms with van der Waals surface area (Å²) in [6, 6.07) is 2.38. The molecule has 3 heteroatoms. The van der Waals surface area contributed by atoms with Gasteiger partial charge in [-0.05, 0) is 6.92 Å². The Balaban J connectivity index is 3.82. The molecule has 9 heavy (non-hydrogen) atoms. The molecule has 0 aromatic rings. The van der Waals surface area contributed by atoms with Gasteiger partial charge in [0.1, 0.15) is 0 Å². The van der Waals surface area contributed by atoms with Crippen LogP contribution in [0.25, 0.3) is 0 Å². The molecular formula is C6H10N2O. The van der Waals surface area contributed by atoms with E-state index in [1.807, 2.05) is 0 Å². The van der Waals surface area contributed by atoms with Gasteiger partial charge >= 0.3 is 6.03 Å². The van der Waals surface area contributed by atoms with Crippen LogP contribution in [0.2, 0.25) is 0 Å². The van der Waals surface area contributed by atoms with Crippen molar-refractivity contribution in [1.29, 1.82) is 0 Å². The van der Waals surface area contributed by atoms with E-state index in [-0.39, 0.29) is 6.03 Å².